The molecule has 6 amide bonds. The molecule has 7 aromatic carbocycles. The Labute approximate surface area is 500 Å². The summed E-state index contributed by atoms with van der Waals surface area (Å²) in [5.74, 6) is -2.98. The van der Waals surface area contributed by atoms with Gasteiger partial charge in [-0.15, -0.1) is 0 Å². The molecule has 0 unspecified atom stereocenters. The fourth-order valence-electron chi connectivity index (χ4n) is 10.5. The molecule has 18 nitrogen and oxygen atoms in total. The van der Waals surface area contributed by atoms with Crippen LogP contribution in [0.2, 0.25) is 0 Å². The predicted molar refractivity (Wildman–Crippen MR) is 330 cm³/mol. The Bertz CT molecular complexity index is 3510. The summed E-state index contributed by atoms with van der Waals surface area (Å²) in [6.07, 6.45) is 8.77. The number of rotatable bonds is 21. The van der Waals surface area contributed by atoms with Crippen LogP contribution in [0.5, 0.6) is 0 Å². The van der Waals surface area contributed by atoms with Crippen LogP contribution >= 0.6 is 0 Å². The minimum absolute atomic E-state index is 0.0947. The number of anilines is 4. The van der Waals surface area contributed by atoms with E-state index in [0.717, 1.165) is 24.1 Å². The highest BCUT2D eigenvalue weighted by molar-refractivity contribution is 7.90. The van der Waals surface area contributed by atoms with E-state index in [2.05, 4.69) is 45.5 Å². The predicted octanol–water partition coefficient (Wildman–Crippen LogP) is 11.3. The number of sulfone groups is 1. The molecular formula is C67H72N6O12S. The van der Waals surface area contributed by atoms with E-state index in [1.807, 2.05) is 60.7 Å². The number of aliphatic hydroxyl groups excluding tert-OH is 2. The summed E-state index contributed by atoms with van der Waals surface area (Å²) in [6.45, 7) is -0.406. The van der Waals surface area contributed by atoms with Gasteiger partial charge in [0.05, 0.1) is 36.8 Å². The Morgan fingerprint density at radius 1 is 0.453 bits per heavy atom. The Morgan fingerprint density at radius 3 is 1.27 bits per heavy atom. The average molecular weight is 1190 g/mol. The number of aliphatic hydroxyl groups is 2. The van der Waals surface area contributed by atoms with Gasteiger partial charge in [0.2, 0.25) is 0 Å². The summed E-state index contributed by atoms with van der Waals surface area (Å²) >= 11 is 0. The fraction of sp³-hybridized carbons (Fsp3) is 0.284. The minimum atomic E-state index is -3.67. The molecule has 86 heavy (non-hydrogen) atoms. The fourth-order valence-corrected chi connectivity index (χ4v) is 11.9. The van der Waals surface area contributed by atoms with Crippen LogP contribution in [0.4, 0.5) is 32.3 Å². The van der Waals surface area contributed by atoms with Gasteiger partial charge >= 0.3 is 24.0 Å². The molecule has 2 aliphatic rings. The molecular weight excluding hydrogens is 1110 g/mol. The number of benzene rings is 7. The van der Waals surface area contributed by atoms with Gasteiger partial charge in [-0.05, 0) is 144 Å². The lowest BCUT2D eigenvalue weighted by atomic mass is 9.84. The molecule has 7 aromatic rings. The molecule has 2 saturated carbocycles. The van der Waals surface area contributed by atoms with Crippen LogP contribution < -0.4 is 31.1 Å². The smallest absolute Gasteiger partial charge is 0.334 e. The number of carbonyl (C=O) groups excluding carboxylic acids is 4. The van der Waals surface area contributed by atoms with E-state index in [-0.39, 0.29) is 41.9 Å². The Morgan fingerprint density at radius 2 is 0.849 bits per heavy atom. The van der Waals surface area contributed by atoms with E-state index in [9.17, 15) is 47.4 Å². The van der Waals surface area contributed by atoms with Crippen molar-refractivity contribution in [2.75, 3.05) is 33.5 Å². The summed E-state index contributed by atoms with van der Waals surface area (Å²) in [5, 5.41) is 47.0. The average Bonchev–Trinajstić information content (AvgIpc) is 3.66. The summed E-state index contributed by atoms with van der Waals surface area (Å²) < 4.78 is 26.4. The monoisotopic (exact) mass is 1180 g/mol. The lowest BCUT2D eigenvalue weighted by Crippen LogP contribution is -2.36. The number of urea groups is 2. The molecule has 0 radical (unpaired) electrons. The number of hydrogen-bond donors (Lipinski definition) is 8. The number of amides is 6. The van der Waals surface area contributed by atoms with E-state index < -0.39 is 58.4 Å². The van der Waals surface area contributed by atoms with Crippen molar-refractivity contribution in [1.82, 2.24) is 10.6 Å². The van der Waals surface area contributed by atoms with Gasteiger partial charge in [-0.3, -0.25) is 19.4 Å². The van der Waals surface area contributed by atoms with Crippen molar-refractivity contribution in [3.05, 3.63) is 221 Å². The van der Waals surface area contributed by atoms with Crippen molar-refractivity contribution in [3.63, 3.8) is 0 Å². The standard InChI is InChI=1S/C37H39N3O7S.C30H33N3O5/c41-34(36(43)44)23-38-35(42)30-16-14-26(15-17-30)24-40(32-20-18-29(19-21-32)28-10-5-2-6-11-28)37(45)39-31-12-7-13-33(22-31)48(46,47)25-27-8-3-1-4-9-27;34-27(29(36)37)19-31-28(35)24-13-11-21(12-14-24)20-33(30(38)32-25-9-5-2-6-10-25)26-17-15-23(16-18-26)22-7-3-1-4-8-22/h1,3-4,7-9,12-22,28,34,41H,2,5-6,10-11,23-25H2,(H,38,42)(H,39,45)(H,43,44);2,5-6,9-18,22,27,34H,1,3-4,7-8,19-20H2,(H,31,35)(H,32,38)(H,36,37)/t34-;27-/m11/s1. The maximum atomic E-state index is 13.9. The third-order valence-corrected chi connectivity index (χ3v) is 17.0. The van der Waals surface area contributed by atoms with E-state index in [1.54, 1.807) is 94.7 Å². The summed E-state index contributed by atoms with van der Waals surface area (Å²) in [5.41, 5.74) is 7.74. The highest BCUT2D eigenvalue weighted by Crippen LogP contribution is 2.35. The van der Waals surface area contributed by atoms with E-state index in [0.29, 0.717) is 45.6 Å². The first-order valence-corrected chi connectivity index (χ1v) is 30.5. The summed E-state index contributed by atoms with van der Waals surface area (Å²) in [6, 6.07) is 53.0. The van der Waals surface area contributed by atoms with Gasteiger partial charge in [-0.25, -0.2) is 27.6 Å². The van der Waals surface area contributed by atoms with Gasteiger partial charge < -0.3 is 41.7 Å². The zero-order chi connectivity index (χ0) is 61.0. The number of nitrogens with zero attached hydrogens (tertiary/aromatic N) is 2. The number of nitrogens with one attached hydrogen (secondary N) is 4. The van der Waals surface area contributed by atoms with Crippen LogP contribution in [-0.4, -0.2) is 90.0 Å². The van der Waals surface area contributed by atoms with Crippen molar-refractivity contribution in [2.24, 2.45) is 0 Å². The second-order valence-corrected chi connectivity index (χ2v) is 23.5. The second-order valence-electron chi connectivity index (χ2n) is 21.5. The van der Waals surface area contributed by atoms with E-state index in [1.165, 1.54) is 74.6 Å². The number of carboxylic acid groups (broad SMARTS) is 2. The Balaban J connectivity index is 0.000000230. The third-order valence-electron chi connectivity index (χ3n) is 15.3. The summed E-state index contributed by atoms with van der Waals surface area (Å²) in [7, 11) is -3.67. The molecule has 0 aliphatic heterocycles. The van der Waals surface area contributed by atoms with Gasteiger partial charge in [-0.1, -0.05) is 142 Å². The van der Waals surface area contributed by atoms with Crippen molar-refractivity contribution < 1.29 is 57.6 Å². The maximum Gasteiger partial charge on any atom is 0.334 e. The molecule has 0 spiro atoms. The molecule has 9 rings (SSSR count). The van der Waals surface area contributed by atoms with Crippen LogP contribution in [0.3, 0.4) is 0 Å². The van der Waals surface area contributed by atoms with E-state index >= 15 is 0 Å². The topological polar surface area (TPSA) is 272 Å². The Kier molecular flexibility index (Phi) is 22.4. The minimum Gasteiger partial charge on any atom is -0.479 e. The zero-order valence-electron chi connectivity index (χ0n) is 47.6. The molecule has 0 aromatic heterocycles. The molecule has 2 fully saturated rings. The quantitative estimate of drug-likeness (QED) is 0.0334. The molecule has 2 atom stereocenters. The van der Waals surface area contributed by atoms with Crippen LogP contribution in [0.1, 0.15) is 125 Å². The summed E-state index contributed by atoms with van der Waals surface area (Å²) in [4.78, 5) is 76.9. The first-order valence-electron chi connectivity index (χ1n) is 28.8. The third kappa shape index (κ3) is 18.2. The molecule has 19 heteroatoms. The van der Waals surface area contributed by atoms with Crippen LogP contribution in [0, 0.1) is 0 Å². The van der Waals surface area contributed by atoms with Crippen LogP contribution in [-0.2, 0) is 38.3 Å². The molecule has 8 N–H and O–H groups in total. The lowest BCUT2D eigenvalue weighted by molar-refractivity contribution is -0.147. The Hall–Kier alpha value is -9.17. The second kappa shape index (κ2) is 30.6. The number of carbonyl (C=O) groups is 6. The zero-order valence-corrected chi connectivity index (χ0v) is 48.4. The molecule has 448 valence electrons. The largest absolute Gasteiger partial charge is 0.479 e. The van der Waals surface area contributed by atoms with E-state index in [4.69, 9.17) is 10.2 Å². The SMILES string of the molecule is O=C(NC[C@@H](O)C(=O)O)c1ccc(CN(C(=O)Nc2cccc(S(=O)(=O)Cc3ccccc3)c2)c2ccc(C3CCCCC3)cc2)cc1.O=C(NC[C@@H](O)C(=O)O)c1ccc(CN(C(=O)Nc2ccccc2)c2ccc(C3CCCCC3)cc2)cc1. The van der Waals surface area contributed by atoms with Crippen LogP contribution in [0.25, 0.3) is 0 Å². The maximum absolute atomic E-state index is 13.9. The highest BCUT2D eigenvalue weighted by atomic mass is 32.2. The van der Waals surface area contributed by atoms with Gasteiger partial charge in [0.1, 0.15) is 0 Å². The number of hydrogen-bond acceptors (Lipinski definition) is 10. The highest BCUT2D eigenvalue weighted by Gasteiger charge is 2.24. The van der Waals surface area contributed by atoms with Gasteiger partial charge in [0.25, 0.3) is 11.8 Å². The molecule has 0 heterocycles. The van der Waals surface area contributed by atoms with Crippen molar-refractivity contribution in [2.45, 2.75) is 112 Å². The van der Waals surface area contributed by atoms with Crippen molar-refractivity contribution in [1.29, 1.82) is 0 Å². The molecule has 0 saturated heterocycles. The van der Waals surface area contributed by atoms with Crippen LogP contribution in [0.15, 0.2) is 187 Å². The number of aliphatic carboxylic acids is 2. The van der Waals surface area contributed by atoms with Gasteiger partial charge in [0, 0.05) is 33.9 Å². The lowest BCUT2D eigenvalue weighted by Gasteiger charge is -2.26. The van der Waals surface area contributed by atoms with Crippen molar-refractivity contribution in [3.8, 4) is 0 Å². The number of carboxylic acids is 2. The molecule has 0 bridgehead atoms. The van der Waals surface area contributed by atoms with Crippen molar-refractivity contribution >= 4 is 68.4 Å². The first kappa shape index (κ1) is 62.9. The first-order chi connectivity index (χ1) is 41.5. The van der Waals surface area contributed by atoms with Gasteiger partial charge in [-0.2, -0.15) is 0 Å². The molecule has 2 aliphatic carbocycles. The van der Waals surface area contributed by atoms with Gasteiger partial charge in [0.15, 0.2) is 22.0 Å². The normalized spacial score (nSPS) is 14.2. The number of para-hydroxylation sites is 1.